The molecule has 25 heavy (non-hydrogen) atoms. The van der Waals surface area contributed by atoms with Crippen molar-refractivity contribution in [2.24, 2.45) is 4.99 Å². The van der Waals surface area contributed by atoms with E-state index in [4.69, 9.17) is 4.74 Å². The van der Waals surface area contributed by atoms with Crippen LogP contribution in [0, 0.1) is 10.1 Å². The normalized spacial score (nSPS) is 15.4. The smallest absolute Gasteiger partial charge is 0.363 e. The molecule has 0 atom stereocenters. The third-order valence-corrected chi connectivity index (χ3v) is 3.83. The van der Waals surface area contributed by atoms with Crippen LogP contribution in [0.5, 0.6) is 0 Å². The minimum atomic E-state index is -0.575. The predicted molar refractivity (Wildman–Crippen MR) is 94.2 cm³/mol. The fourth-order valence-electron chi connectivity index (χ4n) is 2.43. The molecular formula is C19H16N2O4. The minimum Gasteiger partial charge on any atom is -0.402 e. The lowest BCUT2D eigenvalue weighted by atomic mass is 10.0. The van der Waals surface area contributed by atoms with Gasteiger partial charge in [-0.1, -0.05) is 38.1 Å². The summed E-state index contributed by atoms with van der Waals surface area (Å²) in [4.78, 5) is 26.6. The first kappa shape index (κ1) is 16.6. The second-order valence-corrected chi connectivity index (χ2v) is 5.96. The molecule has 0 unspecified atom stereocenters. The van der Waals surface area contributed by atoms with Crippen LogP contribution in [0.15, 0.2) is 59.2 Å². The van der Waals surface area contributed by atoms with E-state index >= 15 is 0 Å². The van der Waals surface area contributed by atoms with E-state index in [0.717, 1.165) is 0 Å². The van der Waals surface area contributed by atoms with Gasteiger partial charge in [-0.15, -0.1) is 0 Å². The summed E-state index contributed by atoms with van der Waals surface area (Å²) in [6.07, 6.45) is 1.48. The Hall–Kier alpha value is -3.28. The molecule has 0 aliphatic carbocycles. The van der Waals surface area contributed by atoms with Crippen LogP contribution in [-0.4, -0.2) is 16.8 Å². The van der Waals surface area contributed by atoms with E-state index in [9.17, 15) is 14.9 Å². The number of rotatable bonds is 4. The number of carbonyl (C=O) groups is 1. The number of nitro groups is 1. The Balaban J connectivity index is 1.89. The number of nitro benzene ring substituents is 1. The van der Waals surface area contributed by atoms with Gasteiger partial charge in [0.25, 0.3) is 5.69 Å². The van der Waals surface area contributed by atoms with E-state index < -0.39 is 10.9 Å². The molecule has 3 rings (SSSR count). The highest BCUT2D eigenvalue weighted by Crippen LogP contribution is 2.22. The second kappa shape index (κ2) is 6.68. The number of nitrogens with zero attached hydrogens (tertiary/aromatic N) is 2. The largest absolute Gasteiger partial charge is 0.402 e. The first-order valence-corrected chi connectivity index (χ1v) is 7.81. The van der Waals surface area contributed by atoms with Gasteiger partial charge in [-0.25, -0.2) is 9.79 Å². The Morgan fingerprint density at radius 3 is 2.52 bits per heavy atom. The summed E-state index contributed by atoms with van der Waals surface area (Å²) >= 11 is 0. The highest BCUT2D eigenvalue weighted by atomic mass is 16.6. The quantitative estimate of drug-likeness (QED) is 0.365. The summed E-state index contributed by atoms with van der Waals surface area (Å²) in [5, 5.41) is 10.8. The van der Waals surface area contributed by atoms with Gasteiger partial charge >= 0.3 is 5.97 Å². The number of ether oxygens (including phenoxy) is 1. The summed E-state index contributed by atoms with van der Waals surface area (Å²) in [6, 6.07) is 13.6. The van der Waals surface area contributed by atoms with Gasteiger partial charge in [0.1, 0.15) is 0 Å². The molecule has 0 amide bonds. The molecule has 0 radical (unpaired) electrons. The van der Waals surface area contributed by atoms with E-state index in [2.05, 4.69) is 18.8 Å². The van der Waals surface area contributed by atoms with Gasteiger partial charge in [0.05, 0.1) is 4.92 Å². The number of carbonyl (C=O) groups excluding carboxylic acids is 1. The first-order chi connectivity index (χ1) is 11.9. The highest BCUT2D eigenvalue weighted by molar-refractivity contribution is 6.12. The third kappa shape index (κ3) is 3.63. The van der Waals surface area contributed by atoms with Crippen molar-refractivity contribution in [1.29, 1.82) is 0 Å². The zero-order chi connectivity index (χ0) is 18.0. The molecule has 2 aromatic rings. The molecule has 1 aliphatic rings. The van der Waals surface area contributed by atoms with Gasteiger partial charge in [-0.2, -0.15) is 0 Å². The fourth-order valence-corrected chi connectivity index (χ4v) is 2.43. The van der Waals surface area contributed by atoms with Crippen LogP contribution in [0.2, 0.25) is 0 Å². The van der Waals surface area contributed by atoms with Gasteiger partial charge in [0, 0.05) is 17.7 Å². The van der Waals surface area contributed by atoms with Crippen molar-refractivity contribution >= 4 is 23.6 Å². The SMILES string of the molecule is CC(C)c1ccc(C2=N/C(=C\c3cccc([N+](=O)[O-])c3)C(=O)O2)cc1. The summed E-state index contributed by atoms with van der Waals surface area (Å²) in [6.45, 7) is 4.20. The number of cyclic esters (lactones) is 1. The molecule has 0 aromatic heterocycles. The summed E-state index contributed by atoms with van der Waals surface area (Å²) in [5.74, 6) is 0.0675. The lowest BCUT2D eigenvalue weighted by Crippen LogP contribution is -2.05. The molecule has 0 N–H and O–H groups in total. The van der Waals surface area contributed by atoms with Crippen molar-refractivity contribution in [3.63, 3.8) is 0 Å². The van der Waals surface area contributed by atoms with Gasteiger partial charge < -0.3 is 4.74 Å². The minimum absolute atomic E-state index is 0.0470. The summed E-state index contributed by atoms with van der Waals surface area (Å²) < 4.78 is 5.22. The van der Waals surface area contributed by atoms with Crippen LogP contribution in [0.3, 0.4) is 0 Å². The van der Waals surface area contributed by atoms with Crippen LogP contribution in [-0.2, 0) is 9.53 Å². The number of aliphatic imine (C=N–C) groups is 1. The molecule has 1 heterocycles. The summed E-state index contributed by atoms with van der Waals surface area (Å²) in [5.41, 5.74) is 2.47. The zero-order valence-electron chi connectivity index (χ0n) is 13.8. The Bertz CT molecular complexity index is 896. The number of hydrogen-bond donors (Lipinski definition) is 0. The van der Waals surface area contributed by atoms with E-state index in [1.165, 1.54) is 23.8 Å². The lowest BCUT2D eigenvalue weighted by Gasteiger charge is -2.05. The maximum absolute atomic E-state index is 12.0. The van der Waals surface area contributed by atoms with Crippen LogP contribution in [0.25, 0.3) is 6.08 Å². The van der Waals surface area contributed by atoms with E-state index in [0.29, 0.717) is 17.0 Å². The molecule has 0 spiro atoms. The van der Waals surface area contributed by atoms with Crippen LogP contribution < -0.4 is 0 Å². The van der Waals surface area contributed by atoms with Gasteiger partial charge in [-0.05, 0) is 35.3 Å². The molecule has 0 fully saturated rings. The lowest BCUT2D eigenvalue weighted by molar-refractivity contribution is -0.384. The number of esters is 1. The molecule has 6 nitrogen and oxygen atoms in total. The first-order valence-electron chi connectivity index (χ1n) is 7.81. The monoisotopic (exact) mass is 336 g/mol. The van der Waals surface area contributed by atoms with Crippen LogP contribution >= 0.6 is 0 Å². The summed E-state index contributed by atoms with van der Waals surface area (Å²) in [7, 11) is 0. The van der Waals surface area contributed by atoms with Gasteiger partial charge in [0.2, 0.25) is 5.90 Å². The average molecular weight is 336 g/mol. The van der Waals surface area contributed by atoms with Crippen molar-refractivity contribution in [1.82, 2.24) is 0 Å². The third-order valence-electron chi connectivity index (χ3n) is 3.83. The second-order valence-electron chi connectivity index (χ2n) is 5.96. The van der Waals surface area contributed by atoms with Gasteiger partial charge in [-0.3, -0.25) is 10.1 Å². The fraction of sp³-hybridized carbons (Fsp3) is 0.158. The molecule has 0 bridgehead atoms. The molecular weight excluding hydrogens is 320 g/mol. The topological polar surface area (TPSA) is 81.8 Å². The Labute approximate surface area is 144 Å². The average Bonchev–Trinajstić information content (AvgIpc) is 2.96. The Kier molecular flexibility index (Phi) is 4.43. The highest BCUT2D eigenvalue weighted by Gasteiger charge is 2.24. The molecule has 1 aliphatic heterocycles. The zero-order valence-corrected chi connectivity index (χ0v) is 13.8. The predicted octanol–water partition coefficient (Wildman–Crippen LogP) is 4.06. The van der Waals surface area contributed by atoms with Crippen molar-refractivity contribution in [3.05, 3.63) is 81.0 Å². The van der Waals surface area contributed by atoms with Crippen molar-refractivity contribution in [2.45, 2.75) is 19.8 Å². The van der Waals surface area contributed by atoms with E-state index in [1.54, 1.807) is 12.1 Å². The number of non-ortho nitro benzene ring substituents is 1. The van der Waals surface area contributed by atoms with Crippen LogP contribution in [0.1, 0.15) is 36.5 Å². The molecule has 6 heteroatoms. The maximum atomic E-state index is 12.0. The van der Waals surface area contributed by atoms with Crippen molar-refractivity contribution in [2.75, 3.05) is 0 Å². The van der Waals surface area contributed by atoms with Gasteiger partial charge in [0.15, 0.2) is 5.70 Å². The maximum Gasteiger partial charge on any atom is 0.363 e. The molecule has 2 aromatic carbocycles. The standard InChI is InChI=1S/C19H16N2O4/c1-12(2)14-6-8-15(9-7-14)18-20-17(19(22)25-18)11-13-4-3-5-16(10-13)21(23)24/h3-12H,1-2H3/b17-11-. The Morgan fingerprint density at radius 1 is 1.16 bits per heavy atom. The van der Waals surface area contributed by atoms with Crippen molar-refractivity contribution in [3.8, 4) is 0 Å². The molecule has 0 saturated heterocycles. The number of benzene rings is 2. The molecule has 126 valence electrons. The molecule has 0 saturated carbocycles. The van der Waals surface area contributed by atoms with Crippen LogP contribution in [0.4, 0.5) is 5.69 Å². The van der Waals surface area contributed by atoms with E-state index in [1.807, 2.05) is 24.3 Å². The number of hydrogen-bond acceptors (Lipinski definition) is 5. The van der Waals surface area contributed by atoms with Crippen molar-refractivity contribution < 1.29 is 14.5 Å². The Morgan fingerprint density at radius 2 is 1.88 bits per heavy atom. The van der Waals surface area contributed by atoms with E-state index in [-0.39, 0.29) is 17.3 Å².